The van der Waals surface area contributed by atoms with Gasteiger partial charge in [-0.15, -0.1) is 0 Å². The second kappa shape index (κ2) is 8.37. The van der Waals surface area contributed by atoms with Crippen LogP contribution in [0, 0.1) is 0 Å². The second-order valence-corrected chi connectivity index (χ2v) is 6.84. The van der Waals surface area contributed by atoms with Crippen molar-refractivity contribution in [2.45, 2.75) is 31.5 Å². The summed E-state index contributed by atoms with van der Waals surface area (Å²) in [6.07, 6.45) is 2.69. The lowest BCUT2D eigenvalue weighted by Crippen LogP contribution is -2.57. The van der Waals surface area contributed by atoms with Gasteiger partial charge in [-0.2, -0.15) is 0 Å². The number of hydrogen-bond acceptors (Lipinski definition) is 5. The fourth-order valence-electron chi connectivity index (χ4n) is 3.37. The van der Waals surface area contributed by atoms with E-state index in [0.717, 1.165) is 17.7 Å². The summed E-state index contributed by atoms with van der Waals surface area (Å²) in [7, 11) is 1.60. The normalized spacial score (nSPS) is 19.9. The Morgan fingerprint density at radius 2 is 2.15 bits per heavy atom. The number of aromatic nitrogens is 1. The van der Waals surface area contributed by atoms with Crippen molar-refractivity contribution < 1.29 is 14.6 Å². The number of ether oxygens (including phenoxy) is 1. The zero-order valence-corrected chi connectivity index (χ0v) is 15.4. The average Bonchev–Trinajstić information content (AvgIpc) is 2.67. The summed E-state index contributed by atoms with van der Waals surface area (Å²) in [5, 5.41) is 13.9. The highest BCUT2D eigenvalue weighted by molar-refractivity contribution is 5.86. The zero-order chi connectivity index (χ0) is 19.3. The van der Waals surface area contributed by atoms with Crippen molar-refractivity contribution in [2.75, 3.05) is 20.2 Å². The number of hydrogen-bond donors (Lipinski definition) is 3. The summed E-state index contributed by atoms with van der Waals surface area (Å²) < 4.78 is 5.23. The molecule has 1 aromatic heterocycles. The highest BCUT2D eigenvalue weighted by atomic mass is 16.5. The van der Waals surface area contributed by atoms with E-state index in [2.05, 4.69) is 10.3 Å². The minimum absolute atomic E-state index is 0.106. The van der Waals surface area contributed by atoms with E-state index in [1.54, 1.807) is 30.3 Å². The molecule has 1 aliphatic heterocycles. The number of benzene rings is 1. The van der Waals surface area contributed by atoms with E-state index in [-0.39, 0.29) is 18.0 Å². The number of nitrogens with zero attached hydrogens (tertiary/aromatic N) is 1. The van der Waals surface area contributed by atoms with Gasteiger partial charge < -0.3 is 25.0 Å². The van der Waals surface area contributed by atoms with Crippen molar-refractivity contribution >= 4 is 5.91 Å². The Bertz CT molecular complexity index is 851. The standard InChI is InChI=1S/C20H25N3O4/c1-27-17-7-2-5-15(11-17)13-23-10-4-8-20(26,19(23)25)14-21-12-16-6-3-9-22-18(16)24/h2-3,5-7,9,11,21,26H,4,8,10,12-14H2,1H3,(H,22,24). The molecule has 1 aromatic carbocycles. The Morgan fingerprint density at radius 3 is 2.93 bits per heavy atom. The Kier molecular flexibility index (Phi) is 5.93. The summed E-state index contributed by atoms with van der Waals surface area (Å²) >= 11 is 0. The number of H-pyrrole nitrogens is 1. The summed E-state index contributed by atoms with van der Waals surface area (Å²) in [5.41, 5.74) is -0.113. The fraction of sp³-hybridized carbons (Fsp3) is 0.400. The molecule has 1 aliphatic rings. The lowest BCUT2D eigenvalue weighted by molar-refractivity contribution is -0.157. The number of nitrogens with one attached hydrogen (secondary N) is 2. The Hall–Kier alpha value is -2.64. The van der Waals surface area contributed by atoms with Crippen LogP contribution >= 0.6 is 0 Å². The first kappa shape index (κ1) is 19.1. The van der Waals surface area contributed by atoms with Crippen LogP contribution in [-0.4, -0.2) is 46.7 Å². The third kappa shape index (κ3) is 4.56. The Balaban J connectivity index is 1.62. The maximum Gasteiger partial charge on any atom is 0.256 e. The topological polar surface area (TPSA) is 94.7 Å². The Labute approximate surface area is 158 Å². The summed E-state index contributed by atoms with van der Waals surface area (Å²) in [6, 6.07) is 11.0. The number of carbonyl (C=O) groups is 1. The quantitative estimate of drug-likeness (QED) is 0.676. The molecular weight excluding hydrogens is 346 g/mol. The van der Waals surface area contributed by atoms with Crippen molar-refractivity contribution in [3.8, 4) is 5.75 Å². The number of methoxy groups -OCH3 is 1. The van der Waals surface area contributed by atoms with E-state index < -0.39 is 5.60 Å². The van der Waals surface area contributed by atoms with Crippen molar-refractivity contribution in [3.63, 3.8) is 0 Å². The molecule has 0 aliphatic carbocycles. The van der Waals surface area contributed by atoms with Crippen LogP contribution in [0.25, 0.3) is 0 Å². The Morgan fingerprint density at radius 1 is 1.30 bits per heavy atom. The minimum Gasteiger partial charge on any atom is -0.497 e. The van der Waals surface area contributed by atoms with Gasteiger partial charge in [0, 0.05) is 37.9 Å². The van der Waals surface area contributed by atoms with Crippen molar-refractivity contribution in [1.82, 2.24) is 15.2 Å². The van der Waals surface area contributed by atoms with E-state index in [0.29, 0.717) is 31.6 Å². The van der Waals surface area contributed by atoms with Gasteiger partial charge in [0.25, 0.3) is 11.5 Å². The van der Waals surface area contributed by atoms with E-state index in [1.807, 2.05) is 24.3 Å². The zero-order valence-electron chi connectivity index (χ0n) is 15.4. The number of aromatic amines is 1. The minimum atomic E-state index is -1.46. The van der Waals surface area contributed by atoms with Gasteiger partial charge in [-0.1, -0.05) is 18.2 Å². The summed E-state index contributed by atoms with van der Waals surface area (Å²) in [6.45, 7) is 1.43. The molecule has 0 spiro atoms. The lowest BCUT2D eigenvalue weighted by atomic mass is 9.91. The van der Waals surface area contributed by atoms with Crippen LogP contribution in [-0.2, 0) is 17.9 Å². The molecule has 27 heavy (non-hydrogen) atoms. The summed E-state index contributed by atoms with van der Waals surface area (Å²) in [5.74, 6) is 0.452. The number of rotatable bonds is 7. The molecule has 1 atom stereocenters. The van der Waals surface area contributed by atoms with E-state index in [1.165, 1.54) is 0 Å². The third-order valence-electron chi connectivity index (χ3n) is 4.84. The molecule has 1 saturated heterocycles. The molecule has 0 saturated carbocycles. The molecule has 1 fully saturated rings. The largest absolute Gasteiger partial charge is 0.497 e. The molecule has 1 amide bonds. The van der Waals surface area contributed by atoms with Crippen LogP contribution in [0.1, 0.15) is 24.0 Å². The fourth-order valence-corrected chi connectivity index (χ4v) is 3.37. The molecule has 3 N–H and O–H groups in total. The van der Waals surface area contributed by atoms with Gasteiger partial charge in [0.2, 0.25) is 0 Å². The monoisotopic (exact) mass is 371 g/mol. The van der Waals surface area contributed by atoms with Crippen molar-refractivity contribution in [3.05, 3.63) is 64.1 Å². The van der Waals surface area contributed by atoms with Crippen LogP contribution in [0.15, 0.2) is 47.4 Å². The number of piperidine rings is 1. The molecule has 1 unspecified atom stereocenters. The molecule has 0 bridgehead atoms. The maximum atomic E-state index is 12.9. The second-order valence-electron chi connectivity index (χ2n) is 6.84. The average molecular weight is 371 g/mol. The van der Waals surface area contributed by atoms with Gasteiger partial charge >= 0.3 is 0 Å². The van der Waals surface area contributed by atoms with Gasteiger partial charge in [0.15, 0.2) is 5.60 Å². The van der Waals surface area contributed by atoms with Gasteiger partial charge in [0.1, 0.15) is 5.75 Å². The first-order valence-corrected chi connectivity index (χ1v) is 9.04. The van der Waals surface area contributed by atoms with Crippen molar-refractivity contribution in [1.29, 1.82) is 0 Å². The smallest absolute Gasteiger partial charge is 0.256 e. The summed E-state index contributed by atoms with van der Waals surface area (Å²) in [4.78, 5) is 28.8. The van der Waals surface area contributed by atoms with E-state index >= 15 is 0 Å². The molecule has 144 valence electrons. The van der Waals surface area contributed by atoms with Gasteiger partial charge in [-0.25, -0.2) is 0 Å². The molecule has 7 heteroatoms. The predicted octanol–water partition coefficient (Wildman–Crippen LogP) is 1.03. The maximum absolute atomic E-state index is 12.9. The molecular formula is C20H25N3O4. The number of amides is 1. The predicted molar refractivity (Wildman–Crippen MR) is 101 cm³/mol. The van der Waals surface area contributed by atoms with Crippen LogP contribution in [0.4, 0.5) is 0 Å². The number of pyridine rings is 1. The van der Waals surface area contributed by atoms with E-state index in [9.17, 15) is 14.7 Å². The van der Waals surface area contributed by atoms with Gasteiger partial charge in [-0.05, 0) is 36.6 Å². The van der Waals surface area contributed by atoms with Crippen LogP contribution < -0.4 is 15.6 Å². The van der Waals surface area contributed by atoms with Gasteiger partial charge in [-0.3, -0.25) is 9.59 Å². The molecule has 7 nitrogen and oxygen atoms in total. The third-order valence-corrected chi connectivity index (χ3v) is 4.84. The SMILES string of the molecule is COc1cccc(CN2CCCC(O)(CNCc3ccc[nH]c3=O)C2=O)c1. The number of likely N-dealkylation sites (tertiary alicyclic amines) is 1. The molecule has 3 rings (SSSR count). The number of aliphatic hydroxyl groups is 1. The van der Waals surface area contributed by atoms with Crippen LogP contribution in [0.3, 0.4) is 0 Å². The molecule has 2 heterocycles. The molecule has 2 aromatic rings. The number of carbonyl (C=O) groups excluding carboxylic acids is 1. The first-order valence-electron chi connectivity index (χ1n) is 9.04. The molecule has 0 radical (unpaired) electrons. The first-order chi connectivity index (χ1) is 13.0. The van der Waals surface area contributed by atoms with Crippen LogP contribution in [0.2, 0.25) is 0 Å². The van der Waals surface area contributed by atoms with Crippen LogP contribution in [0.5, 0.6) is 5.75 Å². The van der Waals surface area contributed by atoms with Gasteiger partial charge in [0.05, 0.1) is 7.11 Å². The highest BCUT2D eigenvalue weighted by Gasteiger charge is 2.41. The van der Waals surface area contributed by atoms with Crippen molar-refractivity contribution in [2.24, 2.45) is 0 Å². The lowest BCUT2D eigenvalue weighted by Gasteiger charge is -2.38. The van der Waals surface area contributed by atoms with E-state index in [4.69, 9.17) is 4.74 Å². The highest BCUT2D eigenvalue weighted by Crippen LogP contribution is 2.24.